The van der Waals surface area contributed by atoms with E-state index in [2.05, 4.69) is 12.1 Å². The van der Waals surface area contributed by atoms with E-state index in [0.717, 1.165) is 15.7 Å². The molecule has 15 heavy (non-hydrogen) atoms. The van der Waals surface area contributed by atoms with Crippen LogP contribution in [0.5, 0.6) is 0 Å². The Balaban J connectivity index is 2.66. The van der Waals surface area contributed by atoms with Gasteiger partial charge in [0.25, 0.3) is 0 Å². The summed E-state index contributed by atoms with van der Waals surface area (Å²) in [4.78, 5) is 0.947. The maximum atomic E-state index is 12.1. The minimum atomic E-state index is -0.910. The third-order valence-corrected chi connectivity index (χ3v) is 4.04. The molecule has 0 N–H and O–H groups in total. The summed E-state index contributed by atoms with van der Waals surface area (Å²) >= 11 is 0. The van der Waals surface area contributed by atoms with E-state index < -0.39 is 10.8 Å². The van der Waals surface area contributed by atoms with Gasteiger partial charge in [-0.2, -0.15) is 0 Å². The molecule has 0 heterocycles. The lowest BCUT2D eigenvalue weighted by atomic mass is 10.1. The Hall–Kier alpha value is -1.15. The van der Waals surface area contributed by atoms with Gasteiger partial charge in [0.2, 0.25) is 0 Å². The molecule has 0 saturated carbocycles. The molecular weight excluding hydrogens is 204 g/mol. The molecule has 2 aromatic carbocycles. The van der Waals surface area contributed by atoms with Crippen LogP contribution in [0.4, 0.5) is 0 Å². The highest BCUT2D eigenvalue weighted by Gasteiger charge is 2.10. The molecule has 0 radical (unpaired) electrons. The van der Waals surface area contributed by atoms with Gasteiger partial charge in [-0.25, -0.2) is 0 Å². The van der Waals surface area contributed by atoms with Gasteiger partial charge in [0.1, 0.15) is 0 Å². The summed E-state index contributed by atoms with van der Waals surface area (Å²) in [5.41, 5.74) is 0. The quantitative estimate of drug-likeness (QED) is 0.755. The van der Waals surface area contributed by atoms with Gasteiger partial charge in [-0.05, 0) is 16.8 Å². The third kappa shape index (κ3) is 1.95. The molecule has 1 atom stereocenters. The van der Waals surface area contributed by atoms with E-state index in [1.807, 2.05) is 44.2 Å². The Kier molecular flexibility index (Phi) is 2.87. The number of hydrogen-bond donors (Lipinski definition) is 0. The molecule has 1 nitrogen and oxygen atoms in total. The summed E-state index contributed by atoms with van der Waals surface area (Å²) in [6.07, 6.45) is 0. The second kappa shape index (κ2) is 4.15. The summed E-state index contributed by atoms with van der Waals surface area (Å²) in [7, 11) is -0.910. The molecule has 1 unspecified atom stereocenters. The summed E-state index contributed by atoms with van der Waals surface area (Å²) < 4.78 is 12.1. The first-order valence-electron chi connectivity index (χ1n) is 5.08. The normalized spacial score (nSPS) is 13.3. The zero-order valence-electron chi connectivity index (χ0n) is 8.94. The van der Waals surface area contributed by atoms with E-state index in [4.69, 9.17) is 0 Å². The first-order chi connectivity index (χ1) is 7.20. The van der Waals surface area contributed by atoms with E-state index in [0.29, 0.717) is 0 Å². The highest BCUT2D eigenvalue weighted by Crippen LogP contribution is 2.23. The van der Waals surface area contributed by atoms with E-state index in [-0.39, 0.29) is 5.25 Å². The van der Waals surface area contributed by atoms with Crippen LogP contribution in [0.2, 0.25) is 0 Å². The van der Waals surface area contributed by atoms with Crippen molar-refractivity contribution in [2.45, 2.75) is 24.0 Å². The Labute approximate surface area is 92.6 Å². The second-order valence-corrected chi connectivity index (χ2v) is 5.80. The fraction of sp³-hybridized carbons (Fsp3) is 0.231. The number of benzene rings is 2. The molecule has 78 valence electrons. The van der Waals surface area contributed by atoms with E-state index >= 15 is 0 Å². The standard InChI is InChI=1S/C13H14OS/c1-10(2)15(14)13-9-5-7-11-6-3-4-8-12(11)13/h3-10H,1-2H3. The molecule has 0 spiro atoms. The summed E-state index contributed by atoms with van der Waals surface area (Å²) in [5.74, 6) is 0. The van der Waals surface area contributed by atoms with Crippen molar-refractivity contribution in [3.05, 3.63) is 42.5 Å². The number of rotatable bonds is 2. The topological polar surface area (TPSA) is 17.1 Å². The zero-order valence-corrected chi connectivity index (χ0v) is 9.75. The van der Waals surface area contributed by atoms with Crippen LogP contribution in [0.3, 0.4) is 0 Å². The van der Waals surface area contributed by atoms with Crippen molar-refractivity contribution in [2.24, 2.45) is 0 Å². The van der Waals surface area contributed by atoms with Crippen LogP contribution in [0, 0.1) is 0 Å². The fourth-order valence-electron chi connectivity index (χ4n) is 1.63. The van der Waals surface area contributed by atoms with Crippen LogP contribution < -0.4 is 0 Å². The number of hydrogen-bond acceptors (Lipinski definition) is 1. The first kappa shape index (κ1) is 10.4. The first-order valence-corrected chi connectivity index (χ1v) is 6.30. The summed E-state index contributed by atoms with van der Waals surface area (Å²) in [6.45, 7) is 3.97. The summed E-state index contributed by atoms with van der Waals surface area (Å²) in [6, 6.07) is 14.1. The molecule has 0 amide bonds. The molecular formula is C13H14OS. The van der Waals surface area contributed by atoms with Crippen LogP contribution in [-0.2, 0) is 10.8 Å². The van der Waals surface area contributed by atoms with Crippen LogP contribution in [0.1, 0.15) is 13.8 Å². The second-order valence-electron chi connectivity index (χ2n) is 3.82. The fourth-order valence-corrected chi connectivity index (χ4v) is 2.75. The SMILES string of the molecule is CC(C)S(=O)c1cccc2ccccc12. The van der Waals surface area contributed by atoms with Crippen molar-refractivity contribution in [1.29, 1.82) is 0 Å². The molecule has 2 aromatic rings. The predicted octanol–water partition coefficient (Wildman–Crippen LogP) is 3.36. The largest absolute Gasteiger partial charge is 0.254 e. The van der Waals surface area contributed by atoms with Crippen molar-refractivity contribution in [1.82, 2.24) is 0 Å². The van der Waals surface area contributed by atoms with Gasteiger partial charge in [-0.1, -0.05) is 50.2 Å². The molecule has 0 saturated heterocycles. The molecule has 0 aliphatic heterocycles. The maximum Gasteiger partial charge on any atom is 0.0561 e. The van der Waals surface area contributed by atoms with Crippen molar-refractivity contribution < 1.29 is 4.21 Å². The molecule has 0 aliphatic rings. The van der Waals surface area contributed by atoms with Crippen LogP contribution >= 0.6 is 0 Å². The Bertz CT molecular complexity index is 497. The molecule has 0 bridgehead atoms. The van der Waals surface area contributed by atoms with Crippen molar-refractivity contribution >= 4 is 21.6 Å². The highest BCUT2D eigenvalue weighted by atomic mass is 32.2. The van der Waals surface area contributed by atoms with Crippen LogP contribution in [0.15, 0.2) is 47.4 Å². The van der Waals surface area contributed by atoms with Gasteiger partial charge < -0.3 is 0 Å². The molecule has 0 aliphatic carbocycles. The van der Waals surface area contributed by atoms with E-state index in [1.165, 1.54) is 0 Å². The van der Waals surface area contributed by atoms with Gasteiger partial charge in [-0.3, -0.25) is 4.21 Å². The van der Waals surface area contributed by atoms with Gasteiger partial charge in [-0.15, -0.1) is 0 Å². The third-order valence-electron chi connectivity index (χ3n) is 2.39. The maximum absolute atomic E-state index is 12.1. The number of fused-ring (bicyclic) bond motifs is 1. The zero-order chi connectivity index (χ0) is 10.8. The minimum Gasteiger partial charge on any atom is -0.254 e. The predicted molar refractivity (Wildman–Crippen MR) is 65.5 cm³/mol. The van der Waals surface area contributed by atoms with Gasteiger partial charge in [0, 0.05) is 10.1 Å². The van der Waals surface area contributed by atoms with Crippen LogP contribution in [0.25, 0.3) is 10.8 Å². The molecule has 0 aromatic heterocycles. The lowest BCUT2D eigenvalue weighted by Crippen LogP contribution is -2.05. The van der Waals surface area contributed by atoms with Gasteiger partial charge >= 0.3 is 0 Å². The monoisotopic (exact) mass is 218 g/mol. The summed E-state index contributed by atoms with van der Waals surface area (Å²) in [5, 5.41) is 2.42. The van der Waals surface area contributed by atoms with Gasteiger partial charge in [0.05, 0.1) is 10.8 Å². The molecule has 2 heteroatoms. The Morgan fingerprint density at radius 1 is 1.00 bits per heavy atom. The Morgan fingerprint density at radius 3 is 2.40 bits per heavy atom. The Morgan fingerprint density at radius 2 is 1.67 bits per heavy atom. The highest BCUT2D eigenvalue weighted by molar-refractivity contribution is 7.85. The lowest BCUT2D eigenvalue weighted by Gasteiger charge is -2.08. The van der Waals surface area contributed by atoms with Gasteiger partial charge in [0.15, 0.2) is 0 Å². The van der Waals surface area contributed by atoms with E-state index in [9.17, 15) is 4.21 Å². The molecule has 2 rings (SSSR count). The lowest BCUT2D eigenvalue weighted by molar-refractivity contribution is 0.677. The minimum absolute atomic E-state index is 0.163. The average Bonchev–Trinajstić information content (AvgIpc) is 2.27. The van der Waals surface area contributed by atoms with E-state index in [1.54, 1.807) is 0 Å². The van der Waals surface area contributed by atoms with Crippen LogP contribution in [-0.4, -0.2) is 9.46 Å². The van der Waals surface area contributed by atoms with Crippen molar-refractivity contribution in [3.8, 4) is 0 Å². The average molecular weight is 218 g/mol. The van der Waals surface area contributed by atoms with Crippen molar-refractivity contribution in [2.75, 3.05) is 0 Å². The molecule has 0 fully saturated rings. The smallest absolute Gasteiger partial charge is 0.0561 e. The van der Waals surface area contributed by atoms with Crippen molar-refractivity contribution in [3.63, 3.8) is 0 Å².